The zero-order valence-corrected chi connectivity index (χ0v) is 11.9. The Labute approximate surface area is 112 Å². The molecule has 1 nitrogen and oxygen atoms in total. The van der Waals surface area contributed by atoms with Gasteiger partial charge in [-0.15, -0.1) is 11.3 Å². The molecule has 94 valence electrons. The van der Waals surface area contributed by atoms with Gasteiger partial charge < -0.3 is 0 Å². The second-order valence-corrected chi connectivity index (χ2v) is 5.64. The van der Waals surface area contributed by atoms with E-state index in [9.17, 15) is 4.79 Å². The molecule has 1 heterocycles. The third-order valence-corrected chi connectivity index (χ3v) is 4.38. The Morgan fingerprint density at radius 2 is 2.00 bits per heavy atom. The van der Waals surface area contributed by atoms with Crippen LogP contribution < -0.4 is 0 Å². The fraction of sp³-hybridized carbons (Fsp3) is 0.312. The monoisotopic (exact) mass is 258 g/mol. The first-order valence-corrected chi connectivity index (χ1v) is 7.14. The number of hydrogen-bond donors (Lipinski definition) is 0. The van der Waals surface area contributed by atoms with Crippen LogP contribution in [-0.4, -0.2) is 5.78 Å². The van der Waals surface area contributed by atoms with E-state index in [1.807, 2.05) is 0 Å². The number of carbonyl (C=O) groups excluding carboxylic acids is 1. The molecule has 0 spiro atoms. The van der Waals surface area contributed by atoms with Crippen molar-refractivity contribution in [3.8, 4) is 10.4 Å². The third kappa shape index (κ3) is 2.54. The highest BCUT2D eigenvalue weighted by Crippen LogP contribution is 2.35. The highest BCUT2D eigenvalue weighted by atomic mass is 32.1. The van der Waals surface area contributed by atoms with Crippen molar-refractivity contribution in [3.05, 3.63) is 46.3 Å². The van der Waals surface area contributed by atoms with E-state index in [1.165, 1.54) is 21.6 Å². The van der Waals surface area contributed by atoms with E-state index in [0.29, 0.717) is 0 Å². The smallest absolute Gasteiger partial charge is 0.169 e. The molecule has 18 heavy (non-hydrogen) atoms. The van der Waals surface area contributed by atoms with Gasteiger partial charge in [-0.25, -0.2) is 0 Å². The van der Waals surface area contributed by atoms with Crippen LogP contribution >= 0.6 is 11.3 Å². The fourth-order valence-corrected chi connectivity index (χ4v) is 3.31. The van der Waals surface area contributed by atoms with Crippen molar-refractivity contribution in [2.24, 2.45) is 0 Å². The molecule has 0 saturated heterocycles. The first-order valence-electron chi connectivity index (χ1n) is 6.33. The number of aryl methyl sites for hydroxylation is 2. The van der Waals surface area contributed by atoms with Gasteiger partial charge in [0.2, 0.25) is 0 Å². The summed E-state index contributed by atoms with van der Waals surface area (Å²) in [7, 11) is 0. The quantitative estimate of drug-likeness (QED) is 0.714. The van der Waals surface area contributed by atoms with E-state index >= 15 is 0 Å². The van der Waals surface area contributed by atoms with Gasteiger partial charge in [0, 0.05) is 4.88 Å². The van der Waals surface area contributed by atoms with Crippen LogP contribution in [-0.2, 0) is 6.42 Å². The molecule has 0 amide bonds. The number of ketones is 1. The van der Waals surface area contributed by atoms with Crippen molar-refractivity contribution in [2.75, 3.05) is 0 Å². The molecule has 0 radical (unpaired) electrons. The minimum atomic E-state index is 0.164. The number of thiophene rings is 1. The Hall–Kier alpha value is -1.41. The van der Waals surface area contributed by atoms with Gasteiger partial charge in [-0.2, -0.15) is 0 Å². The molecule has 0 atom stereocenters. The number of hydrogen-bond acceptors (Lipinski definition) is 2. The topological polar surface area (TPSA) is 17.1 Å². The highest BCUT2D eigenvalue weighted by molar-refractivity contribution is 7.17. The van der Waals surface area contributed by atoms with Crippen molar-refractivity contribution < 1.29 is 4.79 Å². The zero-order valence-electron chi connectivity index (χ0n) is 11.1. The molecule has 0 aliphatic carbocycles. The Bertz CT molecular complexity index is 566. The summed E-state index contributed by atoms with van der Waals surface area (Å²) < 4.78 is 0. The molecule has 2 heteroatoms. The van der Waals surface area contributed by atoms with Gasteiger partial charge in [-0.1, -0.05) is 37.6 Å². The largest absolute Gasteiger partial charge is 0.294 e. The standard InChI is InChI=1S/C16H18OS/c1-4-7-13-10-15(12(3)17)18-16(13)14-9-6-5-8-11(14)2/h5-6,8-10H,4,7H2,1-3H3. The lowest BCUT2D eigenvalue weighted by atomic mass is 10.0. The van der Waals surface area contributed by atoms with Crippen LogP contribution in [0.25, 0.3) is 10.4 Å². The molecule has 2 aromatic rings. The van der Waals surface area contributed by atoms with Gasteiger partial charge in [0.15, 0.2) is 5.78 Å². The fourth-order valence-electron chi connectivity index (χ4n) is 2.11. The van der Waals surface area contributed by atoms with E-state index in [2.05, 4.69) is 44.2 Å². The summed E-state index contributed by atoms with van der Waals surface area (Å²) >= 11 is 1.63. The van der Waals surface area contributed by atoms with E-state index in [4.69, 9.17) is 0 Å². The van der Waals surface area contributed by atoms with Crippen molar-refractivity contribution >= 4 is 17.1 Å². The number of rotatable bonds is 4. The molecular formula is C16H18OS. The van der Waals surface area contributed by atoms with Gasteiger partial charge >= 0.3 is 0 Å². The number of benzene rings is 1. The second kappa shape index (κ2) is 5.49. The summed E-state index contributed by atoms with van der Waals surface area (Å²) in [6.07, 6.45) is 2.14. The van der Waals surface area contributed by atoms with E-state index in [1.54, 1.807) is 18.3 Å². The van der Waals surface area contributed by atoms with Crippen LogP contribution in [0.3, 0.4) is 0 Å². The maximum atomic E-state index is 11.5. The molecule has 1 aromatic heterocycles. The highest BCUT2D eigenvalue weighted by Gasteiger charge is 2.14. The Balaban J connectivity index is 2.55. The minimum Gasteiger partial charge on any atom is -0.294 e. The van der Waals surface area contributed by atoms with E-state index < -0.39 is 0 Å². The van der Waals surface area contributed by atoms with Crippen molar-refractivity contribution in [2.45, 2.75) is 33.6 Å². The number of carbonyl (C=O) groups is 1. The predicted octanol–water partition coefficient (Wildman–Crippen LogP) is 4.88. The lowest BCUT2D eigenvalue weighted by Gasteiger charge is -2.05. The van der Waals surface area contributed by atoms with Crippen LogP contribution in [0.2, 0.25) is 0 Å². The molecule has 0 saturated carbocycles. The van der Waals surface area contributed by atoms with Crippen LogP contribution in [0.4, 0.5) is 0 Å². The second-order valence-electron chi connectivity index (χ2n) is 4.59. The molecule has 0 unspecified atom stereocenters. The Kier molecular flexibility index (Phi) is 3.97. The van der Waals surface area contributed by atoms with Crippen molar-refractivity contribution in [1.29, 1.82) is 0 Å². The molecule has 1 aromatic carbocycles. The third-order valence-electron chi connectivity index (χ3n) is 3.07. The summed E-state index contributed by atoms with van der Waals surface area (Å²) in [6, 6.07) is 10.4. The lowest BCUT2D eigenvalue weighted by Crippen LogP contribution is -1.86. The first kappa shape index (κ1) is 13.0. The molecule has 0 fully saturated rings. The van der Waals surface area contributed by atoms with Gasteiger partial charge in [-0.3, -0.25) is 4.79 Å². The van der Waals surface area contributed by atoms with Crippen LogP contribution in [0.15, 0.2) is 30.3 Å². The Morgan fingerprint density at radius 3 is 2.61 bits per heavy atom. The zero-order chi connectivity index (χ0) is 13.1. The average Bonchev–Trinajstić information content (AvgIpc) is 2.74. The summed E-state index contributed by atoms with van der Waals surface area (Å²) in [6.45, 7) is 5.94. The van der Waals surface area contributed by atoms with Crippen molar-refractivity contribution in [3.63, 3.8) is 0 Å². The Morgan fingerprint density at radius 1 is 1.28 bits per heavy atom. The van der Waals surface area contributed by atoms with Gasteiger partial charge in [0.1, 0.15) is 0 Å². The summed E-state index contributed by atoms with van der Waals surface area (Å²) in [4.78, 5) is 13.7. The summed E-state index contributed by atoms with van der Waals surface area (Å²) in [5, 5.41) is 0. The molecular weight excluding hydrogens is 240 g/mol. The van der Waals surface area contributed by atoms with Crippen LogP contribution in [0, 0.1) is 6.92 Å². The van der Waals surface area contributed by atoms with Gasteiger partial charge in [0.05, 0.1) is 4.88 Å². The normalized spacial score (nSPS) is 10.6. The van der Waals surface area contributed by atoms with E-state index in [-0.39, 0.29) is 5.78 Å². The van der Waals surface area contributed by atoms with Crippen LogP contribution in [0.1, 0.15) is 41.1 Å². The maximum absolute atomic E-state index is 11.5. The molecule has 0 bridgehead atoms. The maximum Gasteiger partial charge on any atom is 0.169 e. The predicted molar refractivity (Wildman–Crippen MR) is 78.5 cm³/mol. The summed E-state index contributed by atoms with van der Waals surface area (Å²) in [5.74, 6) is 0.164. The number of Topliss-reactive ketones (excluding diaryl/α,β-unsaturated/α-hetero) is 1. The SMILES string of the molecule is CCCc1cc(C(C)=O)sc1-c1ccccc1C. The molecule has 2 rings (SSSR count). The molecule has 0 N–H and O–H groups in total. The van der Waals surface area contributed by atoms with E-state index in [0.717, 1.165) is 17.7 Å². The minimum absolute atomic E-state index is 0.164. The van der Waals surface area contributed by atoms with Crippen LogP contribution in [0.5, 0.6) is 0 Å². The molecule has 0 aliphatic rings. The van der Waals surface area contributed by atoms with Crippen molar-refractivity contribution in [1.82, 2.24) is 0 Å². The van der Waals surface area contributed by atoms with Gasteiger partial charge in [0.25, 0.3) is 0 Å². The average molecular weight is 258 g/mol. The summed E-state index contributed by atoms with van der Waals surface area (Å²) in [5.41, 5.74) is 3.84. The lowest BCUT2D eigenvalue weighted by molar-refractivity contribution is 0.102. The first-order chi connectivity index (χ1) is 8.63. The molecule has 0 aliphatic heterocycles. The van der Waals surface area contributed by atoms with Gasteiger partial charge in [-0.05, 0) is 43.0 Å².